The van der Waals surface area contributed by atoms with E-state index in [9.17, 15) is 9.59 Å². The molecular formula is C16H18ClNO4. The van der Waals surface area contributed by atoms with E-state index in [1.54, 1.807) is 32.0 Å². The van der Waals surface area contributed by atoms with Crippen LogP contribution in [0.4, 0.5) is 5.69 Å². The topological polar surface area (TPSA) is 55.8 Å². The molecule has 0 aliphatic heterocycles. The minimum absolute atomic E-state index is 0.00763. The van der Waals surface area contributed by atoms with Gasteiger partial charge in [-0.05, 0) is 25.5 Å². The van der Waals surface area contributed by atoms with Gasteiger partial charge in [0, 0.05) is 0 Å². The first-order valence-corrected chi connectivity index (χ1v) is 6.98. The molecule has 1 aromatic carbocycles. The lowest BCUT2D eigenvalue weighted by molar-refractivity contribution is -0.143. The Morgan fingerprint density at radius 3 is 2.68 bits per heavy atom. The molecular weight excluding hydrogens is 306 g/mol. The van der Waals surface area contributed by atoms with E-state index in [1.165, 1.54) is 12.0 Å². The van der Waals surface area contributed by atoms with Gasteiger partial charge >= 0.3 is 5.97 Å². The summed E-state index contributed by atoms with van der Waals surface area (Å²) in [5.74, 6) is 1.30. The van der Waals surface area contributed by atoms with Crippen LogP contribution < -0.4 is 4.90 Å². The maximum Gasteiger partial charge on any atom is 0.328 e. The van der Waals surface area contributed by atoms with Crippen molar-refractivity contribution in [3.05, 3.63) is 28.8 Å². The fourth-order valence-corrected chi connectivity index (χ4v) is 2.32. The van der Waals surface area contributed by atoms with Gasteiger partial charge < -0.3 is 9.47 Å². The van der Waals surface area contributed by atoms with Crippen molar-refractivity contribution in [2.45, 2.75) is 19.9 Å². The summed E-state index contributed by atoms with van der Waals surface area (Å²) in [6.07, 6.45) is 5.08. The molecule has 0 spiro atoms. The first kappa shape index (κ1) is 18.0. The second-order valence-electron chi connectivity index (χ2n) is 4.57. The summed E-state index contributed by atoms with van der Waals surface area (Å²) >= 11 is 6.20. The van der Waals surface area contributed by atoms with Crippen molar-refractivity contribution in [2.75, 3.05) is 25.2 Å². The van der Waals surface area contributed by atoms with Gasteiger partial charge in [-0.15, -0.1) is 6.42 Å². The van der Waals surface area contributed by atoms with Gasteiger partial charge in [0.15, 0.2) is 0 Å². The normalized spacial score (nSPS) is 11.4. The maximum absolute atomic E-state index is 12.5. The van der Waals surface area contributed by atoms with Crippen molar-refractivity contribution in [1.29, 1.82) is 0 Å². The molecule has 0 fully saturated rings. The number of carbonyl (C=O) groups is 2. The molecule has 0 bridgehead atoms. The van der Waals surface area contributed by atoms with E-state index in [0.29, 0.717) is 10.7 Å². The number of ether oxygens (including phenoxy) is 2. The monoisotopic (exact) mass is 323 g/mol. The van der Waals surface area contributed by atoms with Crippen molar-refractivity contribution >= 4 is 29.2 Å². The molecule has 0 saturated heterocycles. The van der Waals surface area contributed by atoms with Crippen LogP contribution in [0.15, 0.2) is 18.2 Å². The average molecular weight is 324 g/mol. The molecule has 0 saturated carbocycles. The number of rotatable bonds is 6. The lowest BCUT2D eigenvalue weighted by Crippen LogP contribution is -2.46. The number of hydrogen-bond donors (Lipinski definition) is 0. The molecule has 0 radical (unpaired) electrons. The molecule has 0 heterocycles. The highest BCUT2D eigenvalue weighted by atomic mass is 35.5. The SMILES string of the molecule is C#CCOCC(=O)N(c1c(C)cccc1Cl)C(C)C(=O)OC. The highest BCUT2D eigenvalue weighted by molar-refractivity contribution is 6.34. The number of terminal acetylenes is 1. The summed E-state index contributed by atoms with van der Waals surface area (Å²) < 4.78 is 9.79. The van der Waals surface area contributed by atoms with Crippen LogP contribution >= 0.6 is 11.6 Å². The molecule has 5 nitrogen and oxygen atoms in total. The van der Waals surface area contributed by atoms with Crippen LogP contribution in [0.3, 0.4) is 0 Å². The Bertz CT molecular complexity index is 574. The fraction of sp³-hybridized carbons (Fsp3) is 0.375. The Labute approximate surface area is 135 Å². The van der Waals surface area contributed by atoms with Crippen molar-refractivity contribution < 1.29 is 19.1 Å². The van der Waals surface area contributed by atoms with Crippen LogP contribution in [0.2, 0.25) is 5.02 Å². The number of amides is 1. The summed E-state index contributed by atoms with van der Waals surface area (Å²) in [5, 5.41) is 0.362. The van der Waals surface area contributed by atoms with Gasteiger partial charge in [0.05, 0.1) is 17.8 Å². The second kappa shape index (κ2) is 8.42. The van der Waals surface area contributed by atoms with Crippen LogP contribution in [0.1, 0.15) is 12.5 Å². The van der Waals surface area contributed by atoms with E-state index in [0.717, 1.165) is 5.56 Å². The van der Waals surface area contributed by atoms with Crippen LogP contribution in [0.25, 0.3) is 0 Å². The Kier molecular flexibility index (Phi) is 6.90. The lowest BCUT2D eigenvalue weighted by atomic mass is 10.1. The number of methoxy groups -OCH3 is 1. The smallest absolute Gasteiger partial charge is 0.328 e. The molecule has 0 aliphatic rings. The molecule has 1 aromatic rings. The number of carbonyl (C=O) groups excluding carboxylic acids is 2. The first-order valence-electron chi connectivity index (χ1n) is 6.60. The van der Waals surface area contributed by atoms with E-state index >= 15 is 0 Å². The van der Waals surface area contributed by atoms with Gasteiger partial charge in [-0.3, -0.25) is 9.69 Å². The zero-order chi connectivity index (χ0) is 16.7. The van der Waals surface area contributed by atoms with Crippen LogP contribution in [0, 0.1) is 19.3 Å². The molecule has 6 heteroatoms. The van der Waals surface area contributed by atoms with Crippen LogP contribution in [0.5, 0.6) is 0 Å². The third-order valence-corrected chi connectivity index (χ3v) is 3.34. The average Bonchev–Trinajstić information content (AvgIpc) is 2.49. The molecule has 1 unspecified atom stereocenters. The number of hydrogen-bond acceptors (Lipinski definition) is 4. The standard InChI is InChI=1S/C16H18ClNO4/c1-5-9-22-10-14(19)18(12(3)16(20)21-4)15-11(2)7-6-8-13(15)17/h1,6-8,12H,9-10H2,2-4H3. The number of aryl methyl sites for hydroxylation is 1. The van der Waals surface area contributed by atoms with Crippen LogP contribution in [-0.4, -0.2) is 38.2 Å². The maximum atomic E-state index is 12.5. The molecule has 118 valence electrons. The van der Waals surface area contributed by atoms with Crippen molar-refractivity contribution in [1.82, 2.24) is 0 Å². The molecule has 0 aromatic heterocycles. The Balaban J connectivity index is 3.19. The quantitative estimate of drug-likeness (QED) is 0.457. The molecule has 1 atom stereocenters. The molecule has 1 rings (SSSR count). The van der Waals surface area contributed by atoms with E-state index in [-0.39, 0.29) is 13.2 Å². The largest absolute Gasteiger partial charge is 0.467 e. The van der Waals surface area contributed by atoms with Crippen molar-refractivity contribution in [3.63, 3.8) is 0 Å². The first-order chi connectivity index (χ1) is 10.4. The number of halogens is 1. The third kappa shape index (κ3) is 4.23. The van der Waals surface area contributed by atoms with Gasteiger partial charge in [-0.25, -0.2) is 4.79 Å². The summed E-state index contributed by atoms with van der Waals surface area (Å²) in [7, 11) is 1.26. The fourth-order valence-electron chi connectivity index (χ4n) is 2.01. The highest BCUT2D eigenvalue weighted by Gasteiger charge is 2.30. The summed E-state index contributed by atoms with van der Waals surface area (Å²) in [6, 6.07) is 4.37. The second-order valence-corrected chi connectivity index (χ2v) is 4.97. The number of para-hydroxylation sites is 1. The molecule has 0 N–H and O–H groups in total. The van der Waals surface area contributed by atoms with E-state index < -0.39 is 17.9 Å². The highest BCUT2D eigenvalue weighted by Crippen LogP contribution is 2.31. The van der Waals surface area contributed by atoms with Crippen LogP contribution in [-0.2, 0) is 19.1 Å². The Hall–Kier alpha value is -2.03. The molecule has 1 amide bonds. The number of anilines is 1. The van der Waals surface area contributed by atoms with Gasteiger partial charge in [-0.1, -0.05) is 29.7 Å². The van der Waals surface area contributed by atoms with Gasteiger partial charge in [0.25, 0.3) is 5.91 Å². The minimum atomic E-state index is -0.842. The Morgan fingerprint density at radius 2 is 2.14 bits per heavy atom. The van der Waals surface area contributed by atoms with Gasteiger partial charge in [-0.2, -0.15) is 0 Å². The zero-order valence-corrected chi connectivity index (χ0v) is 13.5. The number of esters is 1. The van der Waals surface area contributed by atoms with Gasteiger partial charge in [0.2, 0.25) is 0 Å². The summed E-state index contributed by atoms with van der Waals surface area (Å²) in [4.78, 5) is 25.6. The third-order valence-electron chi connectivity index (χ3n) is 3.04. The number of benzene rings is 1. The number of nitrogens with zero attached hydrogens (tertiary/aromatic N) is 1. The lowest BCUT2D eigenvalue weighted by Gasteiger charge is -2.29. The summed E-state index contributed by atoms with van der Waals surface area (Å²) in [6.45, 7) is 3.12. The predicted molar refractivity (Wildman–Crippen MR) is 84.8 cm³/mol. The predicted octanol–water partition coefficient (Wildman–Crippen LogP) is 2.19. The Morgan fingerprint density at radius 1 is 1.45 bits per heavy atom. The molecule has 0 aliphatic carbocycles. The minimum Gasteiger partial charge on any atom is -0.467 e. The summed E-state index contributed by atoms with van der Waals surface area (Å²) in [5.41, 5.74) is 1.21. The molecule has 22 heavy (non-hydrogen) atoms. The van der Waals surface area contributed by atoms with E-state index in [1.807, 2.05) is 0 Å². The van der Waals surface area contributed by atoms with E-state index in [4.69, 9.17) is 27.5 Å². The zero-order valence-electron chi connectivity index (χ0n) is 12.8. The van der Waals surface area contributed by atoms with Crippen molar-refractivity contribution in [2.24, 2.45) is 0 Å². The van der Waals surface area contributed by atoms with E-state index in [2.05, 4.69) is 5.92 Å². The van der Waals surface area contributed by atoms with Crippen molar-refractivity contribution in [3.8, 4) is 12.3 Å². The van der Waals surface area contributed by atoms with Gasteiger partial charge in [0.1, 0.15) is 19.3 Å².